The topological polar surface area (TPSA) is 37.3 Å². The van der Waals surface area contributed by atoms with Crippen molar-refractivity contribution in [3.8, 4) is 0 Å². The summed E-state index contributed by atoms with van der Waals surface area (Å²) in [6.45, 7) is 6.37. The number of rotatable bonds is 4. The molecule has 0 saturated heterocycles. The van der Waals surface area contributed by atoms with Crippen molar-refractivity contribution >= 4 is 16.9 Å². The van der Waals surface area contributed by atoms with E-state index >= 15 is 0 Å². The molecule has 1 aromatic heterocycles. The van der Waals surface area contributed by atoms with Gasteiger partial charge < -0.3 is 5.32 Å². The summed E-state index contributed by atoms with van der Waals surface area (Å²) in [5, 5.41) is 5.13. The van der Waals surface area contributed by atoms with Gasteiger partial charge in [-0.05, 0) is 18.1 Å². The highest BCUT2D eigenvalue weighted by Crippen LogP contribution is 2.25. The van der Waals surface area contributed by atoms with Crippen LogP contribution in [0.15, 0.2) is 29.4 Å². The van der Waals surface area contributed by atoms with E-state index in [2.05, 4.69) is 35.2 Å². The van der Waals surface area contributed by atoms with Crippen LogP contribution in [0.25, 0.3) is 0 Å². The van der Waals surface area contributed by atoms with E-state index in [4.69, 9.17) is 0 Å². The molecular weight excluding hydrogens is 230 g/mol. The zero-order valence-electron chi connectivity index (χ0n) is 10.4. The number of thioether (sulfide) groups is 1. The van der Waals surface area contributed by atoms with Gasteiger partial charge in [0, 0.05) is 30.1 Å². The van der Waals surface area contributed by atoms with Gasteiger partial charge >= 0.3 is 0 Å². The smallest absolute Gasteiger partial charge is 0.156 e. The second-order valence-electron chi connectivity index (χ2n) is 4.54. The van der Waals surface area contributed by atoms with E-state index in [1.54, 1.807) is 0 Å². The molecule has 3 nitrogen and oxygen atoms in total. The Labute approximate surface area is 107 Å². The number of hydrogen-bond acceptors (Lipinski definition) is 4. The maximum Gasteiger partial charge on any atom is 0.156 e. The Hall–Kier alpha value is -1.03. The highest BCUT2D eigenvalue weighted by molar-refractivity contribution is 8.14. The standard InChI is InChI=1S/C13H19N3S/c1-10(2)12-9-16-13(17-12)15-8-6-11-5-3-4-7-14-11/h3-5,7,10,12H,6,8-9H2,1-2H3,(H,15,16). The summed E-state index contributed by atoms with van der Waals surface area (Å²) in [5.41, 5.74) is 1.13. The van der Waals surface area contributed by atoms with Crippen molar-refractivity contribution in [2.45, 2.75) is 25.5 Å². The first-order valence-corrected chi connectivity index (χ1v) is 6.98. The molecule has 0 radical (unpaired) electrons. The third-order valence-electron chi connectivity index (χ3n) is 2.80. The molecule has 0 fully saturated rings. The second-order valence-corrected chi connectivity index (χ2v) is 5.77. The maximum atomic E-state index is 4.52. The number of nitrogens with zero attached hydrogens (tertiary/aromatic N) is 2. The maximum absolute atomic E-state index is 4.52. The van der Waals surface area contributed by atoms with Crippen molar-refractivity contribution in [1.82, 2.24) is 10.3 Å². The minimum Gasteiger partial charge on any atom is -0.365 e. The zero-order chi connectivity index (χ0) is 12.1. The first-order chi connectivity index (χ1) is 8.25. The van der Waals surface area contributed by atoms with E-state index in [1.165, 1.54) is 0 Å². The Morgan fingerprint density at radius 3 is 3.00 bits per heavy atom. The van der Waals surface area contributed by atoms with Crippen molar-refractivity contribution in [2.75, 3.05) is 13.1 Å². The van der Waals surface area contributed by atoms with Crippen LogP contribution >= 0.6 is 11.8 Å². The monoisotopic (exact) mass is 249 g/mol. The third-order valence-corrected chi connectivity index (χ3v) is 4.30. The molecule has 0 spiro atoms. The summed E-state index contributed by atoms with van der Waals surface area (Å²) in [6, 6.07) is 6.03. The molecule has 0 amide bonds. The number of aliphatic imine (C=N–C) groups is 1. The molecule has 1 atom stereocenters. The van der Waals surface area contributed by atoms with Crippen LogP contribution in [0.5, 0.6) is 0 Å². The van der Waals surface area contributed by atoms with Crippen molar-refractivity contribution < 1.29 is 0 Å². The predicted octanol–water partition coefficient (Wildman–Crippen LogP) is 2.34. The lowest BCUT2D eigenvalue weighted by molar-refractivity contribution is 0.621. The van der Waals surface area contributed by atoms with E-state index in [1.807, 2.05) is 30.1 Å². The van der Waals surface area contributed by atoms with Gasteiger partial charge in [0.05, 0.1) is 6.54 Å². The van der Waals surface area contributed by atoms with Crippen LogP contribution in [0.2, 0.25) is 0 Å². The van der Waals surface area contributed by atoms with Crippen LogP contribution in [0, 0.1) is 5.92 Å². The average Bonchev–Trinajstić information content (AvgIpc) is 2.79. The van der Waals surface area contributed by atoms with Gasteiger partial charge in [-0.3, -0.25) is 9.98 Å². The highest BCUT2D eigenvalue weighted by Gasteiger charge is 2.21. The van der Waals surface area contributed by atoms with Gasteiger partial charge in [-0.25, -0.2) is 0 Å². The SMILES string of the molecule is CC(C)C1CN=C(NCCc2ccccn2)S1. The summed E-state index contributed by atoms with van der Waals surface area (Å²) in [7, 11) is 0. The van der Waals surface area contributed by atoms with Crippen LogP contribution in [0.3, 0.4) is 0 Å². The summed E-state index contributed by atoms with van der Waals surface area (Å²) < 4.78 is 0. The number of hydrogen-bond donors (Lipinski definition) is 1. The second kappa shape index (κ2) is 6.05. The lowest BCUT2D eigenvalue weighted by Crippen LogP contribution is -2.23. The number of amidine groups is 1. The zero-order valence-corrected chi connectivity index (χ0v) is 11.2. The Kier molecular flexibility index (Phi) is 4.42. The van der Waals surface area contributed by atoms with Gasteiger partial charge in [0.15, 0.2) is 5.17 Å². The fraction of sp³-hybridized carbons (Fsp3) is 0.538. The molecule has 1 aliphatic heterocycles. The Balaban J connectivity index is 1.70. The fourth-order valence-corrected chi connectivity index (χ4v) is 2.72. The highest BCUT2D eigenvalue weighted by atomic mass is 32.2. The van der Waals surface area contributed by atoms with Crippen LogP contribution < -0.4 is 5.32 Å². The van der Waals surface area contributed by atoms with Crippen molar-refractivity contribution in [3.05, 3.63) is 30.1 Å². The largest absolute Gasteiger partial charge is 0.365 e. The first-order valence-electron chi connectivity index (χ1n) is 6.10. The predicted molar refractivity (Wildman–Crippen MR) is 74.5 cm³/mol. The molecular formula is C13H19N3S. The minimum atomic E-state index is 0.646. The molecule has 0 saturated carbocycles. The van der Waals surface area contributed by atoms with Gasteiger partial charge in [-0.2, -0.15) is 0 Å². The number of nitrogens with one attached hydrogen (secondary N) is 1. The van der Waals surface area contributed by atoms with Crippen LogP contribution in [-0.4, -0.2) is 28.5 Å². The molecule has 1 aliphatic rings. The molecule has 2 heterocycles. The first kappa shape index (κ1) is 12.4. The summed E-state index contributed by atoms with van der Waals surface area (Å²) in [5.74, 6) is 0.693. The molecule has 1 N–H and O–H groups in total. The van der Waals surface area contributed by atoms with Gasteiger partial charge in [0.25, 0.3) is 0 Å². The normalized spacial score (nSPS) is 19.5. The lowest BCUT2D eigenvalue weighted by atomic mass is 10.1. The number of pyridine rings is 1. The fourth-order valence-electron chi connectivity index (χ4n) is 1.68. The molecule has 2 rings (SSSR count). The quantitative estimate of drug-likeness (QED) is 0.890. The molecule has 0 aliphatic carbocycles. The van der Waals surface area contributed by atoms with Gasteiger partial charge in [-0.15, -0.1) is 0 Å². The molecule has 1 unspecified atom stereocenters. The van der Waals surface area contributed by atoms with Gasteiger partial charge in [0.1, 0.15) is 0 Å². The van der Waals surface area contributed by atoms with E-state index in [0.29, 0.717) is 11.2 Å². The number of aromatic nitrogens is 1. The molecule has 0 bridgehead atoms. The average molecular weight is 249 g/mol. The molecule has 4 heteroatoms. The molecule has 92 valence electrons. The molecule has 17 heavy (non-hydrogen) atoms. The van der Waals surface area contributed by atoms with Crippen LogP contribution in [0.4, 0.5) is 0 Å². The van der Waals surface area contributed by atoms with E-state index in [9.17, 15) is 0 Å². The van der Waals surface area contributed by atoms with Crippen LogP contribution in [-0.2, 0) is 6.42 Å². The van der Waals surface area contributed by atoms with E-state index in [-0.39, 0.29) is 0 Å². The lowest BCUT2D eigenvalue weighted by Gasteiger charge is -2.12. The van der Waals surface area contributed by atoms with Gasteiger partial charge in [0.2, 0.25) is 0 Å². The Morgan fingerprint density at radius 2 is 2.35 bits per heavy atom. The summed E-state index contributed by atoms with van der Waals surface area (Å²) in [6.07, 6.45) is 2.79. The third kappa shape index (κ3) is 3.73. The van der Waals surface area contributed by atoms with Crippen molar-refractivity contribution in [1.29, 1.82) is 0 Å². The Bertz CT molecular complexity index is 376. The Morgan fingerprint density at radius 1 is 1.47 bits per heavy atom. The van der Waals surface area contributed by atoms with Gasteiger partial charge in [-0.1, -0.05) is 31.7 Å². The summed E-state index contributed by atoms with van der Waals surface area (Å²) in [4.78, 5) is 8.82. The molecule has 0 aromatic carbocycles. The van der Waals surface area contributed by atoms with Crippen molar-refractivity contribution in [3.63, 3.8) is 0 Å². The van der Waals surface area contributed by atoms with Crippen LogP contribution in [0.1, 0.15) is 19.5 Å². The van der Waals surface area contributed by atoms with E-state index < -0.39 is 0 Å². The molecule has 1 aromatic rings. The minimum absolute atomic E-state index is 0.646. The summed E-state index contributed by atoms with van der Waals surface area (Å²) >= 11 is 1.87. The van der Waals surface area contributed by atoms with E-state index in [0.717, 1.165) is 30.4 Å². The van der Waals surface area contributed by atoms with Crippen molar-refractivity contribution in [2.24, 2.45) is 10.9 Å².